The van der Waals surface area contributed by atoms with Gasteiger partial charge in [0.2, 0.25) is 5.82 Å². The van der Waals surface area contributed by atoms with Crippen molar-refractivity contribution in [2.45, 2.75) is 26.4 Å². The van der Waals surface area contributed by atoms with E-state index in [2.05, 4.69) is 20.6 Å². The molecule has 0 bridgehead atoms. The van der Waals surface area contributed by atoms with Crippen LogP contribution in [0.2, 0.25) is 5.02 Å². The lowest BCUT2D eigenvalue weighted by Gasteiger charge is -2.27. The van der Waals surface area contributed by atoms with Crippen molar-refractivity contribution in [3.05, 3.63) is 65.6 Å². The molecule has 0 radical (unpaired) electrons. The van der Waals surface area contributed by atoms with Crippen molar-refractivity contribution in [1.29, 1.82) is 0 Å². The van der Waals surface area contributed by atoms with Crippen molar-refractivity contribution >= 4 is 51.8 Å². The van der Waals surface area contributed by atoms with Crippen LogP contribution < -0.4 is 19.7 Å². The molecule has 0 aliphatic carbocycles. The SMILES string of the molecule is COc1ccc(-c2cnc3c(Nc4ccc(N(CCOCCNC(=O)OC(C)(C)C)S(=O)[O-])c(Cl)c4)nccn23)c(F)c1F. The van der Waals surface area contributed by atoms with E-state index in [1.807, 2.05) is 0 Å². The van der Waals surface area contributed by atoms with Gasteiger partial charge in [0.25, 0.3) is 0 Å². The molecule has 1 unspecified atom stereocenters. The molecule has 0 fully saturated rings. The number of rotatable bonds is 12. The number of ether oxygens (including phenoxy) is 3. The zero-order chi connectivity index (χ0) is 32.0. The number of carbonyl (C=O) groups is 1. The molecule has 1 atom stereocenters. The van der Waals surface area contributed by atoms with Crippen LogP contribution in [-0.2, 0) is 20.7 Å². The predicted molar refractivity (Wildman–Crippen MR) is 161 cm³/mol. The van der Waals surface area contributed by atoms with E-state index >= 15 is 0 Å². The minimum atomic E-state index is -2.66. The normalized spacial score (nSPS) is 12.2. The number of alkyl carbamates (subject to hydrolysis) is 1. The van der Waals surface area contributed by atoms with Crippen LogP contribution in [0.5, 0.6) is 5.75 Å². The highest BCUT2D eigenvalue weighted by Gasteiger charge is 2.20. The lowest BCUT2D eigenvalue weighted by atomic mass is 10.1. The van der Waals surface area contributed by atoms with E-state index in [0.717, 1.165) is 4.31 Å². The van der Waals surface area contributed by atoms with Gasteiger partial charge in [-0.3, -0.25) is 12.9 Å². The number of carbonyl (C=O) groups excluding carboxylic acids is 1. The largest absolute Gasteiger partial charge is 0.755 e. The molecular weight excluding hydrogens is 622 g/mol. The van der Waals surface area contributed by atoms with Crippen LogP contribution in [0.25, 0.3) is 16.9 Å². The molecule has 2 aromatic heterocycles. The van der Waals surface area contributed by atoms with Crippen LogP contribution >= 0.6 is 11.6 Å². The average molecular weight is 652 g/mol. The quantitative estimate of drug-likeness (QED) is 0.156. The van der Waals surface area contributed by atoms with Crippen LogP contribution in [0, 0.1) is 11.6 Å². The maximum atomic E-state index is 14.8. The number of hydrogen-bond donors (Lipinski definition) is 2. The van der Waals surface area contributed by atoms with Gasteiger partial charge < -0.3 is 29.4 Å². The van der Waals surface area contributed by atoms with Gasteiger partial charge >= 0.3 is 6.09 Å². The van der Waals surface area contributed by atoms with Crippen molar-refractivity contribution in [3.8, 4) is 17.0 Å². The molecule has 2 heterocycles. The number of aromatic nitrogens is 3. The monoisotopic (exact) mass is 651 g/mol. The van der Waals surface area contributed by atoms with Crippen LogP contribution in [0.15, 0.2) is 48.9 Å². The Kier molecular flexibility index (Phi) is 10.6. The number of imidazole rings is 1. The molecule has 12 nitrogen and oxygen atoms in total. The lowest BCUT2D eigenvalue weighted by Crippen LogP contribution is -2.35. The molecule has 16 heteroatoms. The van der Waals surface area contributed by atoms with Gasteiger partial charge in [-0.25, -0.2) is 19.2 Å². The minimum Gasteiger partial charge on any atom is -0.755 e. The van der Waals surface area contributed by atoms with Gasteiger partial charge in [-0.15, -0.1) is 0 Å². The van der Waals surface area contributed by atoms with Crippen molar-refractivity contribution in [2.75, 3.05) is 43.0 Å². The summed E-state index contributed by atoms with van der Waals surface area (Å²) in [7, 11) is 1.25. The van der Waals surface area contributed by atoms with Crippen molar-refractivity contribution < 1.29 is 36.5 Å². The second kappa shape index (κ2) is 14.2. The summed E-state index contributed by atoms with van der Waals surface area (Å²) < 4.78 is 71.1. The molecule has 0 aliphatic rings. The molecule has 0 saturated heterocycles. The highest BCUT2D eigenvalue weighted by molar-refractivity contribution is 7.80. The Hall–Kier alpha value is -4.05. The standard InChI is InChI=1S/C28H31ClF2N6O6S/c1-28(2,3)43-27(38)33-10-13-42-14-12-37(44(39)40)20-7-5-17(15-19(20)29)35-25-26-34-16-21(36(26)11-9-32-25)18-6-8-22(41-4)24(31)23(18)30/h5-9,11,15-16H,10,12-14H2,1-4H3,(H,32,35)(H,33,38)(H,39,40)/p-1. The molecule has 236 valence electrons. The molecule has 2 N–H and O–H groups in total. The summed E-state index contributed by atoms with van der Waals surface area (Å²) in [5.41, 5.74) is 0.641. The number of anilines is 3. The van der Waals surface area contributed by atoms with E-state index in [9.17, 15) is 22.3 Å². The van der Waals surface area contributed by atoms with Gasteiger partial charge in [0.15, 0.2) is 23.0 Å². The van der Waals surface area contributed by atoms with E-state index in [-0.39, 0.29) is 59.8 Å². The summed E-state index contributed by atoms with van der Waals surface area (Å²) in [5, 5.41) is 5.75. The summed E-state index contributed by atoms with van der Waals surface area (Å²) in [4.78, 5) is 20.3. The van der Waals surface area contributed by atoms with E-state index in [1.54, 1.807) is 37.4 Å². The van der Waals surface area contributed by atoms with E-state index < -0.39 is 34.6 Å². The van der Waals surface area contributed by atoms with Gasteiger partial charge in [-0.1, -0.05) is 11.6 Å². The fourth-order valence-electron chi connectivity index (χ4n) is 4.08. The van der Waals surface area contributed by atoms with Crippen molar-refractivity contribution in [2.24, 2.45) is 0 Å². The Bertz CT molecular complexity index is 1670. The van der Waals surface area contributed by atoms with Crippen molar-refractivity contribution in [1.82, 2.24) is 19.7 Å². The third-order valence-electron chi connectivity index (χ3n) is 5.98. The fraction of sp³-hybridized carbons (Fsp3) is 0.321. The van der Waals surface area contributed by atoms with Crippen LogP contribution in [0.1, 0.15) is 20.8 Å². The first kappa shape index (κ1) is 32.9. The summed E-state index contributed by atoms with van der Waals surface area (Å²) >= 11 is 3.80. The van der Waals surface area contributed by atoms with Crippen LogP contribution in [-0.4, -0.2) is 68.2 Å². The number of methoxy groups -OCH3 is 1. The number of nitrogens with zero attached hydrogens (tertiary/aromatic N) is 4. The highest BCUT2D eigenvalue weighted by Crippen LogP contribution is 2.33. The van der Waals surface area contributed by atoms with Crippen molar-refractivity contribution in [3.63, 3.8) is 0 Å². The Morgan fingerprint density at radius 1 is 1.16 bits per heavy atom. The lowest BCUT2D eigenvalue weighted by molar-refractivity contribution is 0.0501. The summed E-state index contributed by atoms with van der Waals surface area (Å²) in [6, 6.07) is 7.34. The summed E-state index contributed by atoms with van der Waals surface area (Å²) in [6.07, 6.45) is 3.82. The molecule has 1 amide bonds. The van der Waals surface area contributed by atoms with E-state index in [1.165, 1.54) is 43.8 Å². The van der Waals surface area contributed by atoms with E-state index in [0.29, 0.717) is 11.3 Å². The maximum absolute atomic E-state index is 14.8. The van der Waals surface area contributed by atoms with Crippen LogP contribution in [0.3, 0.4) is 0 Å². The smallest absolute Gasteiger partial charge is 0.407 e. The second-order valence-corrected chi connectivity index (χ2v) is 11.5. The number of benzene rings is 2. The number of fused-ring (bicyclic) bond motifs is 1. The summed E-state index contributed by atoms with van der Waals surface area (Å²) in [5.74, 6) is -2.13. The Labute approximate surface area is 259 Å². The zero-order valence-corrected chi connectivity index (χ0v) is 25.8. The van der Waals surface area contributed by atoms with E-state index in [4.69, 9.17) is 25.8 Å². The Balaban J connectivity index is 1.42. The Morgan fingerprint density at radius 3 is 2.61 bits per heavy atom. The molecule has 4 aromatic rings. The van der Waals surface area contributed by atoms with Gasteiger partial charge in [0.1, 0.15) is 5.60 Å². The topological polar surface area (TPSA) is 142 Å². The molecule has 0 aliphatic heterocycles. The van der Waals surface area contributed by atoms with Gasteiger partial charge in [0, 0.05) is 41.5 Å². The second-order valence-electron chi connectivity index (χ2n) is 10.2. The zero-order valence-electron chi connectivity index (χ0n) is 24.2. The first-order valence-corrected chi connectivity index (χ1v) is 14.6. The minimum absolute atomic E-state index is 0.0191. The molecular formula is C28H30ClF2N6O6S-. The Morgan fingerprint density at radius 2 is 1.93 bits per heavy atom. The van der Waals surface area contributed by atoms with Gasteiger partial charge in [-0.2, -0.15) is 4.39 Å². The first-order valence-electron chi connectivity index (χ1n) is 13.2. The third kappa shape index (κ3) is 7.91. The van der Waals surface area contributed by atoms with Gasteiger partial charge in [0.05, 0.1) is 49.5 Å². The highest BCUT2D eigenvalue weighted by atomic mass is 35.5. The summed E-state index contributed by atoms with van der Waals surface area (Å²) in [6.45, 7) is 5.57. The first-order chi connectivity index (χ1) is 20.9. The van der Waals surface area contributed by atoms with Crippen LogP contribution in [0.4, 0.5) is 30.8 Å². The maximum Gasteiger partial charge on any atom is 0.407 e. The molecule has 4 rings (SSSR count). The molecule has 0 saturated carbocycles. The predicted octanol–water partition coefficient (Wildman–Crippen LogP) is 5.22. The number of halogens is 3. The van der Waals surface area contributed by atoms with Gasteiger partial charge in [-0.05, 0) is 51.1 Å². The molecule has 2 aromatic carbocycles. The molecule has 44 heavy (non-hydrogen) atoms. The fourth-order valence-corrected chi connectivity index (χ4v) is 4.96. The average Bonchev–Trinajstić information content (AvgIpc) is 3.38. The number of nitrogens with one attached hydrogen (secondary N) is 2. The third-order valence-corrected chi connectivity index (χ3v) is 7.03. The molecule has 0 spiro atoms. The number of amides is 1. The number of hydrogen-bond acceptors (Lipinski definition) is 9.